The zero-order chi connectivity index (χ0) is 35.4. The molecule has 11 nitrogen and oxygen atoms in total. The Balaban J connectivity index is 2.63. The predicted molar refractivity (Wildman–Crippen MR) is 180 cm³/mol. The van der Waals surface area contributed by atoms with Gasteiger partial charge in [0.15, 0.2) is 0 Å². The highest BCUT2D eigenvalue weighted by Crippen LogP contribution is 2.26. The molecule has 11 heteroatoms. The van der Waals surface area contributed by atoms with Crippen LogP contribution in [0.1, 0.15) is 96.9 Å². The number of hydrogen-bond acceptors (Lipinski definition) is 7. The number of nitrogens with two attached hydrogens (primary N) is 1. The van der Waals surface area contributed by atoms with E-state index in [9.17, 15) is 24.0 Å². The van der Waals surface area contributed by atoms with Crippen molar-refractivity contribution in [1.82, 2.24) is 15.5 Å². The summed E-state index contributed by atoms with van der Waals surface area (Å²) in [5, 5.41) is 5.36. The summed E-state index contributed by atoms with van der Waals surface area (Å²) in [6.45, 7) is 14.2. The Hall–Kier alpha value is -4.41. The molecule has 0 aliphatic rings. The summed E-state index contributed by atoms with van der Waals surface area (Å²) in [6.07, 6.45) is 0.847. The van der Waals surface area contributed by atoms with E-state index in [4.69, 9.17) is 15.2 Å². The molecule has 0 aromatic heterocycles. The molecular formula is C36H52N4O7. The molecule has 2 aromatic rings. The van der Waals surface area contributed by atoms with E-state index in [0.29, 0.717) is 12.0 Å². The molecule has 2 rings (SSSR count). The molecule has 2 aromatic carbocycles. The van der Waals surface area contributed by atoms with Gasteiger partial charge in [-0.15, -0.1) is 0 Å². The molecule has 258 valence electrons. The summed E-state index contributed by atoms with van der Waals surface area (Å²) in [4.78, 5) is 68.5. The topological polar surface area (TPSA) is 157 Å². The van der Waals surface area contributed by atoms with Gasteiger partial charge in [-0.3, -0.25) is 14.4 Å². The van der Waals surface area contributed by atoms with Crippen molar-refractivity contribution in [2.24, 2.45) is 5.73 Å². The van der Waals surface area contributed by atoms with Gasteiger partial charge in [0.2, 0.25) is 17.7 Å². The number of amides is 4. The Bertz CT molecular complexity index is 1370. The molecule has 0 bridgehead atoms. The maximum atomic E-state index is 14.4. The van der Waals surface area contributed by atoms with Crippen LogP contribution in [0, 0.1) is 6.92 Å². The fraction of sp³-hybridized carbons (Fsp3) is 0.528. The maximum absolute atomic E-state index is 14.4. The molecule has 0 fully saturated rings. The maximum Gasteiger partial charge on any atom is 0.408 e. The highest BCUT2D eigenvalue weighted by atomic mass is 16.6. The Kier molecular flexibility index (Phi) is 14.4. The van der Waals surface area contributed by atoms with E-state index in [-0.39, 0.29) is 13.0 Å². The highest BCUT2D eigenvalue weighted by Gasteiger charge is 2.38. The quantitative estimate of drug-likeness (QED) is 0.183. The first-order valence-corrected chi connectivity index (χ1v) is 16.1. The van der Waals surface area contributed by atoms with Gasteiger partial charge in [-0.1, -0.05) is 79.9 Å². The number of rotatable bonds is 15. The standard InChI is InChI=1S/C36H52N4O7/c1-9-10-14-20-40(32(43)27(23-29(37)41)39-34(45)47-36(6,7)8)30(26-19-15-16-24(2)21-26)31(42)38-28(33(44)46-35(3,4)5)22-25-17-12-11-13-18-25/h11-13,15-19,21,27-28,30H,9-10,14,20,22-23H2,1-8H3,(H2,37,41)(H,38,42)(H,39,45). The lowest BCUT2D eigenvalue weighted by Gasteiger charge is -2.35. The van der Waals surface area contributed by atoms with Crippen LogP contribution in [0.2, 0.25) is 0 Å². The molecule has 3 unspecified atom stereocenters. The van der Waals surface area contributed by atoms with E-state index in [1.165, 1.54) is 4.90 Å². The first kappa shape index (κ1) is 38.8. The normalized spacial score (nSPS) is 13.4. The van der Waals surface area contributed by atoms with Crippen molar-refractivity contribution < 1.29 is 33.4 Å². The van der Waals surface area contributed by atoms with Gasteiger partial charge >= 0.3 is 12.1 Å². The van der Waals surface area contributed by atoms with Crippen LogP contribution in [0.5, 0.6) is 0 Å². The second kappa shape index (κ2) is 17.5. The third kappa shape index (κ3) is 13.9. The third-order valence-electron chi connectivity index (χ3n) is 6.89. The van der Waals surface area contributed by atoms with Crippen molar-refractivity contribution in [3.8, 4) is 0 Å². The SMILES string of the molecule is CCCCCN(C(=O)C(CC(N)=O)NC(=O)OC(C)(C)C)C(C(=O)NC(Cc1ccccc1)C(=O)OC(C)(C)C)c1cccc(C)c1. The van der Waals surface area contributed by atoms with E-state index in [0.717, 1.165) is 24.0 Å². The van der Waals surface area contributed by atoms with Crippen molar-refractivity contribution in [2.75, 3.05) is 6.54 Å². The Morgan fingerprint density at radius 2 is 1.47 bits per heavy atom. The summed E-state index contributed by atoms with van der Waals surface area (Å²) in [5.41, 5.74) is 5.96. The van der Waals surface area contributed by atoms with Gasteiger partial charge in [0.25, 0.3) is 0 Å². The molecule has 0 aliphatic carbocycles. The molecule has 4 N–H and O–H groups in total. The molecule has 0 radical (unpaired) electrons. The van der Waals surface area contributed by atoms with Crippen molar-refractivity contribution >= 4 is 29.8 Å². The van der Waals surface area contributed by atoms with Crippen LogP contribution in [-0.4, -0.2) is 64.5 Å². The van der Waals surface area contributed by atoms with Crippen LogP contribution in [0.3, 0.4) is 0 Å². The summed E-state index contributed by atoms with van der Waals surface area (Å²) >= 11 is 0. The van der Waals surface area contributed by atoms with Crippen LogP contribution < -0.4 is 16.4 Å². The van der Waals surface area contributed by atoms with Crippen LogP contribution in [0.15, 0.2) is 54.6 Å². The molecule has 0 saturated carbocycles. The van der Waals surface area contributed by atoms with Crippen molar-refractivity contribution in [1.29, 1.82) is 0 Å². The van der Waals surface area contributed by atoms with E-state index >= 15 is 0 Å². The number of primary amides is 1. The fourth-order valence-electron chi connectivity index (χ4n) is 4.93. The molecule has 0 spiro atoms. The molecule has 0 aliphatic heterocycles. The van der Waals surface area contributed by atoms with Crippen molar-refractivity contribution in [2.45, 2.75) is 117 Å². The number of unbranched alkanes of at least 4 members (excludes halogenated alkanes) is 2. The number of ether oxygens (including phenoxy) is 2. The van der Waals surface area contributed by atoms with E-state index < -0.39 is 65.5 Å². The lowest BCUT2D eigenvalue weighted by atomic mass is 9.98. The van der Waals surface area contributed by atoms with Gasteiger partial charge in [0.1, 0.15) is 29.3 Å². The lowest BCUT2D eigenvalue weighted by Crippen LogP contribution is -2.55. The first-order valence-electron chi connectivity index (χ1n) is 16.1. The second-order valence-electron chi connectivity index (χ2n) is 13.7. The van der Waals surface area contributed by atoms with Gasteiger partial charge in [0, 0.05) is 13.0 Å². The van der Waals surface area contributed by atoms with Gasteiger partial charge in [0.05, 0.1) is 6.42 Å². The second-order valence-corrected chi connectivity index (χ2v) is 13.7. The number of hydrogen-bond donors (Lipinski definition) is 3. The number of carbonyl (C=O) groups is 5. The summed E-state index contributed by atoms with van der Waals surface area (Å²) < 4.78 is 11.0. The van der Waals surface area contributed by atoms with Gasteiger partial charge in [-0.05, 0) is 66.0 Å². The van der Waals surface area contributed by atoms with Gasteiger partial charge in [-0.25, -0.2) is 9.59 Å². The van der Waals surface area contributed by atoms with Crippen LogP contribution >= 0.6 is 0 Å². The van der Waals surface area contributed by atoms with Crippen LogP contribution in [0.25, 0.3) is 0 Å². The van der Waals surface area contributed by atoms with E-state index in [1.807, 2.05) is 50.2 Å². The minimum atomic E-state index is -1.41. The Morgan fingerprint density at radius 1 is 0.830 bits per heavy atom. The molecular weight excluding hydrogens is 600 g/mol. The molecule has 3 atom stereocenters. The third-order valence-corrected chi connectivity index (χ3v) is 6.89. The summed E-state index contributed by atoms with van der Waals surface area (Å²) in [7, 11) is 0. The molecule has 47 heavy (non-hydrogen) atoms. The highest BCUT2D eigenvalue weighted by molar-refractivity contribution is 5.95. The molecule has 0 saturated heterocycles. The largest absolute Gasteiger partial charge is 0.458 e. The number of alkyl carbamates (subject to hydrolysis) is 1. The predicted octanol–water partition coefficient (Wildman–Crippen LogP) is 4.89. The summed E-state index contributed by atoms with van der Waals surface area (Å²) in [6, 6.07) is 12.7. The van der Waals surface area contributed by atoms with Crippen molar-refractivity contribution in [3.63, 3.8) is 0 Å². The number of aryl methyl sites for hydroxylation is 1. The van der Waals surface area contributed by atoms with Gasteiger partial charge < -0.3 is 30.7 Å². The number of nitrogens with one attached hydrogen (secondary N) is 2. The summed E-state index contributed by atoms with van der Waals surface area (Å²) in [5.74, 6) is -2.76. The zero-order valence-corrected chi connectivity index (χ0v) is 29.1. The minimum Gasteiger partial charge on any atom is -0.458 e. The smallest absolute Gasteiger partial charge is 0.408 e. The Morgan fingerprint density at radius 3 is 2.02 bits per heavy atom. The monoisotopic (exact) mass is 652 g/mol. The van der Waals surface area contributed by atoms with Crippen LogP contribution in [0.4, 0.5) is 4.79 Å². The Labute approximate surface area is 278 Å². The fourth-order valence-corrected chi connectivity index (χ4v) is 4.93. The van der Waals surface area contributed by atoms with Crippen molar-refractivity contribution in [3.05, 3.63) is 71.3 Å². The number of carbonyl (C=O) groups excluding carboxylic acids is 5. The zero-order valence-electron chi connectivity index (χ0n) is 29.1. The number of esters is 1. The van der Waals surface area contributed by atoms with E-state index in [2.05, 4.69) is 10.6 Å². The average molecular weight is 653 g/mol. The van der Waals surface area contributed by atoms with Gasteiger partial charge in [-0.2, -0.15) is 0 Å². The molecule has 0 heterocycles. The number of benzene rings is 2. The van der Waals surface area contributed by atoms with Crippen LogP contribution in [-0.2, 0) is 35.1 Å². The van der Waals surface area contributed by atoms with E-state index in [1.54, 1.807) is 59.7 Å². The molecule has 4 amide bonds. The average Bonchev–Trinajstić information content (AvgIpc) is 2.94. The number of nitrogens with zero attached hydrogens (tertiary/aromatic N) is 1. The first-order chi connectivity index (χ1) is 21.9. The minimum absolute atomic E-state index is 0.125. The lowest BCUT2D eigenvalue weighted by molar-refractivity contribution is -0.159.